The van der Waals surface area contributed by atoms with Crippen LogP contribution in [0.1, 0.15) is 12.0 Å². The number of para-hydroxylation sites is 1. The Hall–Kier alpha value is -2.96. The summed E-state index contributed by atoms with van der Waals surface area (Å²) in [6.45, 7) is 0. The molecule has 124 valence electrons. The smallest absolute Gasteiger partial charge is 0.268 e. The number of nitrogens with zero attached hydrogens (tertiary/aromatic N) is 1. The van der Waals surface area contributed by atoms with E-state index >= 15 is 0 Å². The molecule has 0 unspecified atom stereocenters. The molecule has 1 atom stereocenters. The Morgan fingerprint density at radius 3 is 2.83 bits per heavy atom. The number of benzene rings is 2. The quantitative estimate of drug-likeness (QED) is 0.936. The van der Waals surface area contributed by atoms with Crippen molar-refractivity contribution in [2.24, 2.45) is 5.16 Å². The largest absolute Gasteiger partial charge is 0.496 e. The zero-order valence-electron chi connectivity index (χ0n) is 12.8. The molecule has 0 saturated carbocycles. The molecule has 2 aromatic rings. The normalized spacial score (nSPS) is 16.3. The maximum atomic E-state index is 13.6. The van der Waals surface area contributed by atoms with E-state index in [0.717, 1.165) is 17.7 Å². The van der Waals surface area contributed by atoms with Crippen LogP contribution in [-0.2, 0) is 9.63 Å². The molecule has 0 saturated heterocycles. The van der Waals surface area contributed by atoms with Crippen molar-refractivity contribution < 1.29 is 23.1 Å². The molecule has 1 N–H and O–H groups in total. The van der Waals surface area contributed by atoms with Crippen molar-refractivity contribution in [2.75, 3.05) is 12.4 Å². The van der Waals surface area contributed by atoms with E-state index in [1.807, 2.05) is 12.1 Å². The number of hydrogen-bond acceptors (Lipinski definition) is 4. The lowest BCUT2D eigenvalue weighted by Crippen LogP contribution is -2.28. The van der Waals surface area contributed by atoms with Crippen molar-refractivity contribution in [3.63, 3.8) is 0 Å². The fraction of sp³-hybridized carbons (Fsp3) is 0.176. The highest BCUT2D eigenvalue weighted by Crippen LogP contribution is 2.25. The Kier molecular flexibility index (Phi) is 4.41. The molecule has 0 fully saturated rings. The number of amides is 1. The third-order valence-corrected chi connectivity index (χ3v) is 3.57. The topological polar surface area (TPSA) is 59.9 Å². The van der Waals surface area contributed by atoms with Crippen LogP contribution >= 0.6 is 0 Å². The summed E-state index contributed by atoms with van der Waals surface area (Å²) < 4.78 is 31.7. The molecule has 1 aliphatic rings. The summed E-state index contributed by atoms with van der Waals surface area (Å²) in [7, 11) is 1.54. The fourth-order valence-corrected chi connectivity index (χ4v) is 2.36. The summed E-state index contributed by atoms with van der Waals surface area (Å²) >= 11 is 0. The van der Waals surface area contributed by atoms with Gasteiger partial charge in [0.1, 0.15) is 17.4 Å². The average molecular weight is 332 g/mol. The lowest BCUT2D eigenvalue weighted by Gasteiger charge is -2.10. The van der Waals surface area contributed by atoms with Crippen LogP contribution in [0.3, 0.4) is 0 Å². The number of nitrogens with one attached hydrogen (secondary N) is 1. The number of anilines is 1. The molecular weight excluding hydrogens is 318 g/mol. The second-order valence-electron chi connectivity index (χ2n) is 5.15. The number of methoxy groups -OCH3 is 1. The van der Waals surface area contributed by atoms with Crippen LogP contribution in [0.5, 0.6) is 5.75 Å². The number of hydrogen-bond donors (Lipinski definition) is 1. The predicted molar refractivity (Wildman–Crippen MR) is 84.0 cm³/mol. The molecule has 7 heteroatoms. The summed E-state index contributed by atoms with van der Waals surface area (Å²) in [5.74, 6) is -1.52. The number of carbonyl (C=O) groups is 1. The van der Waals surface area contributed by atoms with Crippen LogP contribution in [0, 0.1) is 11.6 Å². The monoisotopic (exact) mass is 332 g/mol. The molecular formula is C17H14F2N2O3. The number of halogens is 2. The van der Waals surface area contributed by atoms with E-state index in [4.69, 9.17) is 9.57 Å². The van der Waals surface area contributed by atoms with Gasteiger partial charge < -0.3 is 14.9 Å². The molecule has 1 amide bonds. The van der Waals surface area contributed by atoms with Crippen LogP contribution in [0.25, 0.3) is 0 Å². The van der Waals surface area contributed by atoms with Crippen LogP contribution < -0.4 is 10.1 Å². The van der Waals surface area contributed by atoms with Gasteiger partial charge in [0.25, 0.3) is 5.91 Å². The van der Waals surface area contributed by atoms with Gasteiger partial charge in [-0.05, 0) is 24.3 Å². The van der Waals surface area contributed by atoms with Gasteiger partial charge in [0, 0.05) is 18.1 Å². The highest BCUT2D eigenvalue weighted by atomic mass is 19.1. The number of oxime groups is 1. The van der Waals surface area contributed by atoms with Crippen molar-refractivity contribution >= 4 is 17.3 Å². The Balaban J connectivity index is 1.69. The standard InChI is InChI=1S/C17H14F2N2O3/c1-23-15-5-3-2-4-11(15)14-9-16(24-21-14)17(22)20-13-7-6-10(18)8-12(13)19/h2-8,16H,9H2,1H3,(H,20,22)/t16-/m1/s1. The van der Waals surface area contributed by atoms with Gasteiger partial charge in [-0.15, -0.1) is 0 Å². The SMILES string of the molecule is COc1ccccc1C1=NO[C@@H](C(=O)Nc2ccc(F)cc2F)C1. The first-order valence-corrected chi connectivity index (χ1v) is 7.20. The molecule has 0 radical (unpaired) electrons. The van der Waals surface area contributed by atoms with Gasteiger partial charge in [-0.1, -0.05) is 17.3 Å². The van der Waals surface area contributed by atoms with Gasteiger partial charge in [0.15, 0.2) is 0 Å². The fourth-order valence-electron chi connectivity index (χ4n) is 2.36. The lowest BCUT2D eigenvalue weighted by atomic mass is 10.0. The third kappa shape index (κ3) is 3.19. The van der Waals surface area contributed by atoms with Gasteiger partial charge in [-0.2, -0.15) is 0 Å². The van der Waals surface area contributed by atoms with Gasteiger partial charge in [-0.25, -0.2) is 8.78 Å². The summed E-state index contributed by atoms with van der Waals surface area (Å²) in [4.78, 5) is 17.3. The third-order valence-electron chi connectivity index (χ3n) is 3.57. The van der Waals surface area contributed by atoms with E-state index in [-0.39, 0.29) is 12.1 Å². The maximum Gasteiger partial charge on any atom is 0.268 e. The minimum atomic E-state index is -0.894. The molecule has 0 spiro atoms. The van der Waals surface area contributed by atoms with Crippen molar-refractivity contribution in [3.05, 3.63) is 59.7 Å². The van der Waals surface area contributed by atoms with Crippen molar-refractivity contribution in [3.8, 4) is 5.75 Å². The first kappa shape index (κ1) is 15.9. The summed E-state index contributed by atoms with van der Waals surface area (Å²) in [6.07, 6.45) is -0.677. The van der Waals surface area contributed by atoms with E-state index in [1.165, 1.54) is 7.11 Å². The van der Waals surface area contributed by atoms with Crippen molar-refractivity contribution in [1.29, 1.82) is 0 Å². The molecule has 1 heterocycles. The van der Waals surface area contributed by atoms with E-state index in [1.54, 1.807) is 12.1 Å². The Labute approximate surface area is 136 Å². The van der Waals surface area contributed by atoms with Crippen LogP contribution in [0.2, 0.25) is 0 Å². The molecule has 0 bridgehead atoms. The second-order valence-corrected chi connectivity index (χ2v) is 5.15. The molecule has 24 heavy (non-hydrogen) atoms. The Morgan fingerprint density at radius 2 is 2.08 bits per heavy atom. The van der Waals surface area contributed by atoms with Crippen LogP contribution in [0.15, 0.2) is 47.6 Å². The number of ether oxygens (including phenoxy) is 1. The first-order valence-electron chi connectivity index (χ1n) is 7.20. The average Bonchev–Trinajstić information content (AvgIpc) is 3.07. The minimum Gasteiger partial charge on any atom is -0.496 e. The highest BCUT2D eigenvalue weighted by Gasteiger charge is 2.30. The number of rotatable bonds is 4. The number of carbonyl (C=O) groups excluding carboxylic acids is 1. The summed E-state index contributed by atoms with van der Waals surface area (Å²) in [5.41, 5.74) is 1.17. The minimum absolute atomic E-state index is 0.115. The Bertz CT molecular complexity index is 808. The van der Waals surface area contributed by atoms with Crippen LogP contribution in [0.4, 0.5) is 14.5 Å². The zero-order valence-corrected chi connectivity index (χ0v) is 12.8. The summed E-state index contributed by atoms with van der Waals surface area (Å²) in [6, 6.07) is 10.1. The zero-order chi connectivity index (χ0) is 17.1. The second kappa shape index (κ2) is 6.66. The van der Waals surface area contributed by atoms with Gasteiger partial charge >= 0.3 is 0 Å². The molecule has 1 aliphatic heterocycles. The van der Waals surface area contributed by atoms with E-state index in [9.17, 15) is 13.6 Å². The molecule has 0 aliphatic carbocycles. The van der Waals surface area contributed by atoms with Gasteiger partial charge in [0.2, 0.25) is 6.10 Å². The summed E-state index contributed by atoms with van der Waals surface area (Å²) in [5, 5.41) is 6.29. The lowest BCUT2D eigenvalue weighted by molar-refractivity contribution is -0.125. The maximum absolute atomic E-state index is 13.6. The molecule has 5 nitrogen and oxygen atoms in total. The van der Waals surface area contributed by atoms with Crippen molar-refractivity contribution in [1.82, 2.24) is 0 Å². The highest BCUT2D eigenvalue weighted by molar-refractivity contribution is 6.07. The predicted octanol–water partition coefficient (Wildman–Crippen LogP) is 3.11. The van der Waals surface area contributed by atoms with Gasteiger partial charge in [-0.3, -0.25) is 4.79 Å². The molecule has 2 aromatic carbocycles. The van der Waals surface area contributed by atoms with E-state index in [2.05, 4.69) is 10.5 Å². The van der Waals surface area contributed by atoms with E-state index < -0.39 is 23.6 Å². The van der Waals surface area contributed by atoms with E-state index in [0.29, 0.717) is 17.5 Å². The first-order chi connectivity index (χ1) is 11.6. The van der Waals surface area contributed by atoms with Crippen molar-refractivity contribution in [2.45, 2.75) is 12.5 Å². The van der Waals surface area contributed by atoms with Crippen LogP contribution in [-0.4, -0.2) is 24.8 Å². The molecule has 3 rings (SSSR count). The Morgan fingerprint density at radius 1 is 1.29 bits per heavy atom. The van der Waals surface area contributed by atoms with Gasteiger partial charge in [0.05, 0.1) is 18.5 Å². The molecule has 0 aromatic heterocycles.